The molecular weight excluding hydrogens is 232 g/mol. The Balaban J connectivity index is 3.20. The topological polar surface area (TPSA) is 78.6 Å². The highest BCUT2D eigenvalue weighted by Gasteiger charge is 2.17. The summed E-state index contributed by atoms with van der Waals surface area (Å²) in [6.45, 7) is 0. The maximum atomic E-state index is 13.1. The van der Waals surface area contributed by atoms with Crippen LogP contribution >= 0.6 is 0 Å². The molecule has 0 saturated heterocycles. The third kappa shape index (κ3) is 3.03. The fraction of sp³-hybridized carbons (Fsp3) is 0.143. The van der Waals surface area contributed by atoms with Crippen LogP contribution in [-0.4, -0.2) is 15.5 Å². The number of ether oxygens (including phenoxy) is 1. The lowest BCUT2D eigenvalue weighted by molar-refractivity contribution is 0.394. The number of nitrogens with two attached hydrogens (primary N) is 1. The van der Waals surface area contributed by atoms with Gasteiger partial charge in [-0.1, -0.05) is 0 Å². The van der Waals surface area contributed by atoms with Crippen molar-refractivity contribution in [2.45, 2.75) is 0 Å². The van der Waals surface area contributed by atoms with Gasteiger partial charge in [0, 0.05) is 12.1 Å². The van der Waals surface area contributed by atoms with Gasteiger partial charge in [-0.2, -0.15) is 13.6 Å². The molecule has 0 amide bonds. The summed E-state index contributed by atoms with van der Waals surface area (Å²) >= 11 is 0. The molecule has 8 heteroatoms. The minimum atomic E-state index is -4.46. The van der Waals surface area contributed by atoms with Gasteiger partial charge in [-0.3, -0.25) is 0 Å². The van der Waals surface area contributed by atoms with Crippen LogP contribution in [0.4, 0.5) is 8.78 Å². The quantitative estimate of drug-likeness (QED) is 0.835. The van der Waals surface area contributed by atoms with Gasteiger partial charge < -0.3 is 8.92 Å². The first-order valence-corrected chi connectivity index (χ1v) is 5.06. The lowest BCUT2D eigenvalue weighted by Gasteiger charge is -2.06. The number of rotatable bonds is 3. The molecule has 0 aliphatic rings. The zero-order chi connectivity index (χ0) is 11.6. The Hall–Kier alpha value is -1.41. The van der Waals surface area contributed by atoms with E-state index in [-0.39, 0.29) is 5.75 Å². The zero-order valence-corrected chi connectivity index (χ0v) is 8.35. The van der Waals surface area contributed by atoms with E-state index < -0.39 is 27.7 Å². The highest BCUT2D eigenvalue weighted by Crippen LogP contribution is 2.27. The van der Waals surface area contributed by atoms with Crippen LogP contribution in [0.1, 0.15) is 0 Å². The third-order valence-corrected chi connectivity index (χ3v) is 1.81. The van der Waals surface area contributed by atoms with Gasteiger partial charge in [0.2, 0.25) is 5.75 Å². The average Bonchev–Trinajstić information content (AvgIpc) is 2.09. The van der Waals surface area contributed by atoms with Crippen molar-refractivity contribution in [1.82, 2.24) is 0 Å². The van der Waals surface area contributed by atoms with Gasteiger partial charge in [-0.15, -0.1) is 0 Å². The summed E-state index contributed by atoms with van der Waals surface area (Å²) < 4.78 is 55.5. The summed E-state index contributed by atoms with van der Waals surface area (Å²) in [5.74, 6) is -3.63. The molecule has 1 aromatic carbocycles. The van der Waals surface area contributed by atoms with Gasteiger partial charge in [-0.05, 0) is 0 Å². The van der Waals surface area contributed by atoms with Crippen molar-refractivity contribution < 1.29 is 26.1 Å². The van der Waals surface area contributed by atoms with E-state index in [1.807, 2.05) is 0 Å². The predicted octanol–water partition coefficient (Wildman–Crippen LogP) is 0.556. The second-order valence-corrected chi connectivity index (χ2v) is 3.65. The largest absolute Gasteiger partial charge is 0.497 e. The molecule has 0 atom stereocenters. The van der Waals surface area contributed by atoms with Crippen LogP contribution in [0, 0.1) is 11.6 Å². The second-order valence-electron chi connectivity index (χ2n) is 2.50. The molecule has 5 nitrogen and oxygen atoms in total. The lowest BCUT2D eigenvalue weighted by atomic mass is 10.3. The number of methoxy groups -OCH3 is 1. The Bertz CT molecular complexity index is 451. The van der Waals surface area contributed by atoms with E-state index in [1.54, 1.807) is 0 Å². The molecule has 0 bridgehead atoms. The molecule has 0 spiro atoms. The Morgan fingerprint density at radius 3 is 2.07 bits per heavy atom. The zero-order valence-electron chi connectivity index (χ0n) is 7.53. The van der Waals surface area contributed by atoms with Crippen molar-refractivity contribution in [1.29, 1.82) is 0 Å². The average molecular weight is 239 g/mol. The maximum Gasteiger partial charge on any atom is 0.380 e. The van der Waals surface area contributed by atoms with Crippen molar-refractivity contribution in [3.63, 3.8) is 0 Å². The Kier molecular flexibility index (Phi) is 3.10. The van der Waals surface area contributed by atoms with Gasteiger partial charge in [-0.25, -0.2) is 8.78 Å². The SMILES string of the molecule is COc1cc(F)c(OS(N)(=O)=O)c(F)c1. The minimum absolute atomic E-state index is 0.105. The Morgan fingerprint density at radius 1 is 1.27 bits per heavy atom. The van der Waals surface area contributed by atoms with Crippen LogP contribution in [0.5, 0.6) is 11.5 Å². The normalized spacial score (nSPS) is 11.2. The molecule has 84 valence electrons. The summed E-state index contributed by atoms with van der Waals surface area (Å²) in [7, 11) is -3.26. The van der Waals surface area contributed by atoms with Gasteiger partial charge >= 0.3 is 10.3 Å². The standard InChI is InChI=1S/C7H7F2NO4S/c1-13-4-2-5(8)7(6(9)3-4)14-15(10,11)12/h2-3H,1H3,(H2,10,11,12). The highest BCUT2D eigenvalue weighted by atomic mass is 32.2. The monoisotopic (exact) mass is 239 g/mol. The van der Waals surface area contributed by atoms with Crippen LogP contribution < -0.4 is 14.1 Å². The summed E-state index contributed by atoms with van der Waals surface area (Å²) in [6, 6.07) is 1.53. The first kappa shape index (κ1) is 11.7. The van der Waals surface area contributed by atoms with Crippen LogP contribution in [0.15, 0.2) is 12.1 Å². The van der Waals surface area contributed by atoms with Gasteiger partial charge in [0.1, 0.15) is 5.75 Å². The van der Waals surface area contributed by atoms with E-state index in [4.69, 9.17) is 0 Å². The molecule has 1 rings (SSSR count). The van der Waals surface area contributed by atoms with E-state index in [2.05, 4.69) is 14.1 Å². The van der Waals surface area contributed by atoms with E-state index in [0.717, 1.165) is 12.1 Å². The highest BCUT2D eigenvalue weighted by molar-refractivity contribution is 7.84. The Labute approximate surface area is 84.7 Å². The molecule has 15 heavy (non-hydrogen) atoms. The summed E-state index contributed by atoms with van der Waals surface area (Å²) in [5, 5.41) is 4.46. The minimum Gasteiger partial charge on any atom is -0.497 e. The number of hydrogen-bond donors (Lipinski definition) is 1. The molecule has 0 saturated carbocycles. The van der Waals surface area contributed by atoms with Crippen LogP contribution in [0.25, 0.3) is 0 Å². The van der Waals surface area contributed by atoms with Crippen LogP contribution in [0.2, 0.25) is 0 Å². The molecule has 1 aromatic rings. The fourth-order valence-corrected chi connectivity index (χ4v) is 1.24. The lowest BCUT2D eigenvalue weighted by Crippen LogP contribution is -2.20. The maximum absolute atomic E-state index is 13.1. The fourth-order valence-electron chi connectivity index (χ4n) is 0.850. The molecule has 2 N–H and O–H groups in total. The van der Waals surface area contributed by atoms with E-state index in [1.165, 1.54) is 7.11 Å². The molecule has 0 aromatic heterocycles. The summed E-state index contributed by atoms with van der Waals surface area (Å²) in [6.07, 6.45) is 0. The van der Waals surface area contributed by atoms with Crippen molar-refractivity contribution in [3.8, 4) is 11.5 Å². The third-order valence-electron chi connectivity index (χ3n) is 1.41. The second kappa shape index (κ2) is 3.99. The molecule has 0 unspecified atom stereocenters. The summed E-state index contributed by atoms with van der Waals surface area (Å²) in [5.41, 5.74) is 0. The van der Waals surface area contributed by atoms with Gasteiger partial charge in [0.15, 0.2) is 11.6 Å². The van der Waals surface area contributed by atoms with E-state index in [0.29, 0.717) is 0 Å². The van der Waals surface area contributed by atoms with Crippen molar-refractivity contribution in [2.24, 2.45) is 5.14 Å². The smallest absolute Gasteiger partial charge is 0.380 e. The van der Waals surface area contributed by atoms with E-state index >= 15 is 0 Å². The first-order valence-electron chi connectivity index (χ1n) is 3.58. The van der Waals surface area contributed by atoms with Crippen LogP contribution in [-0.2, 0) is 10.3 Å². The van der Waals surface area contributed by atoms with Gasteiger partial charge in [0.05, 0.1) is 7.11 Å². The first-order chi connectivity index (χ1) is 6.83. The molecule has 0 heterocycles. The van der Waals surface area contributed by atoms with Gasteiger partial charge in [0.25, 0.3) is 0 Å². The number of benzene rings is 1. The number of halogens is 2. The van der Waals surface area contributed by atoms with Crippen LogP contribution in [0.3, 0.4) is 0 Å². The van der Waals surface area contributed by atoms with Crippen molar-refractivity contribution in [2.75, 3.05) is 7.11 Å². The van der Waals surface area contributed by atoms with E-state index in [9.17, 15) is 17.2 Å². The Morgan fingerprint density at radius 2 is 1.73 bits per heavy atom. The predicted molar refractivity (Wildman–Crippen MR) is 46.6 cm³/mol. The number of hydrogen-bond acceptors (Lipinski definition) is 4. The van der Waals surface area contributed by atoms with Crippen molar-refractivity contribution >= 4 is 10.3 Å². The molecule has 0 aliphatic heterocycles. The summed E-state index contributed by atoms with van der Waals surface area (Å²) in [4.78, 5) is 0. The van der Waals surface area contributed by atoms with Crippen molar-refractivity contribution in [3.05, 3.63) is 23.8 Å². The molecule has 0 aliphatic carbocycles. The molecule has 0 fully saturated rings. The molecule has 0 radical (unpaired) electrons. The molecular formula is C7H7F2NO4S.